The lowest BCUT2D eigenvalue weighted by molar-refractivity contribution is -0.141. The zero-order chi connectivity index (χ0) is 25.5. The van der Waals surface area contributed by atoms with Crippen molar-refractivity contribution in [3.63, 3.8) is 0 Å². The molecule has 1 aliphatic carbocycles. The molecule has 0 radical (unpaired) electrons. The van der Waals surface area contributed by atoms with Gasteiger partial charge in [-0.25, -0.2) is 4.39 Å². The first-order valence-electron chi connectivity index (χ1n) is 12.2. The van der Waals surface area contributed by atoms with Crippen LogP contribution in [0.3, 0.4) is 0 Å². The normalized spacial score (nSPS) is 14.8. The SMILES string of the molecule is COc1ccc(-c2nnn(CC(=O)N(Cc3ccc(F)cc3)[C@@H](C)C(=O)NC3CCCCC3)n2)cc1. The zero-order valence-corrected chi connectivity index (χ0v) is 20.6. The largest absolute Gasteiger partial charge is 0.497 e. The summed E-state index contributed by atoms with van der Waals surface area (Å²) in [7, 11) is 1.59. The van der Waals surface area contributed by atoms with Crippen LogP contribution in [0.15, 0.2) is 48.5 Å². The third-order valence-corrected chi connectivity index (χ3v) is 6.46. The van der Waals surface area contributed by atoms with Crippen LogP contribution in [0, 0.1) is 5.82 Å². The van der Waals surface area contributed by atoms with Crippen LogP contribution < -0.4 is 10.1 Å². The van der Waals surface area contributed by atoms with Gasteiger partial charge in [0.15, 0.2) is 0 Å². The second-order valence-corrected chi connectivity index (χ2v) is 9.04. The van der Waals surface area contributed by atoms with Crippen molar-refractivity contribution >= 4 is 11.8 Å². The summed E-state index contributed by atoms with van der Waals surface area (Å²) in [6.45, 7) is 1.67. The molecule has 36 heavy (non-hydrogen) atoms. The van der Waals surface area contributed by atoms with E-state index in [9.17, 15) is 14.0 Å². The van der Waals surface area contributed by atoms with Crippen LogP contribution >= 0.6 is 0 Å². The van der Waals surface area contributed by atoms with Gasteiger partial charge in [-0.15, -0.1) is 10.2 Å². The lowest BCUT2D eigenvalue weighted by atomic mass is 9.95. The van der Waals surface area contributed by atoms with E-state index in [4.69, 9.17) is 4.74 Å². The maximum atomic E-state index is 13.4. The first-order valence-corrected chi connectivity index (χ1v) is 12.2. The molecule has 1 aromatic heterocycles. The zero-order valence-electron chi connectivity index (χ0n) is 20.6. The van der Waals surface area contributed by atoms with Gasteiger partial charge in [0, 0.05) is 18.2 Å². The Bertz CT molecular complexity index is 1160. The van der Waals surface area contributed by atoms with E-state index in [2.05, 4.69) is 20.7 Å². The number of carbonyl (C=O) groups excluding carboxylic acids is 2. The first-order chi connectivity index (χ1) is 17.4. The maximum Gasteiger partial charge on any atom is 0.247 e. The summed E-state index contributed by atoms with van der Waals surface area (Å²) in [6, 6.07) is 12.5. The molecule has 0 spiro atoms. The average Bonchev–Trinajstić information content (AvgIpc) is 3.37. The van der Waals surface area contributed by atoms with Crippen LogP contribution in [-0.2, 0) is 22.7 Å². The van der Waals surface area contributed by atoms with Gasteiger partial charge in [0.25, 0.3) is 0 Å². The van der Waals surface area contributed by atoms with E-state index in [1.807, 2.05) is 0 Å². The van der Waals surface area contributed by atoms with Crippen molar-refractivity contribution in [1.82, 2.24) is 30.4 Å². The van der Waals surface area contributed by atoms with E-state index in [1.54, 1.807) is 50.4 Å². The molecule has 0 unspecified atom stereocenters. The number of hydrogen-bond donors (Lipinski definition) is 1. The number of rotatable bonds is 9. The summed E-state index contributed by atoms with van der Waals surface area (Å²) in [6.07, 6.45) is 5.25. The van der Waals surface area contributed by atoms with Crippen LogP contribution in [0.2, 0.25) is 0 Å². The summed E-state index contributed by atoms with van der Waals surface area (Å²) in [5.74, 6) is 0.168. The Hall–Kier alpha value is -3.82. The predicted molar refractivity (Wildman–Crippen MR) is 131 cm³/mol. The number of methoxy groups -OCH3 is 1. The van der Waals surface area contributed by atoms with Gasteiger partial charge in [-0.3, -0.25) is 9.59 Å². The molecule has 1 aliphatic rings. The van der Waals surface area contributed by atoms with Crippen LogP contribution in [-0.4, -0.2) is 56.1 Å². The van der Waals surface area contributed by atoms with Crippen molar-refractivity contribution in [3.8, 4) is 17.1 Å². The number of amides is 2. The minimum atomic E-state index is -0.728. The highest BCUT2D eigenvalue weighted by atomic mass is 19.1. The Kier molecular flexibility index (Phi) is 8.24. The molecule has 1 fully saturated rings. The molecular formula is C26H31FN6O3. The number of benzene rings is 2. The van der Waals surface area contributed by atoms with Crippen molar-refractivity contribution < 1.29 is 18.7 Å². The number of hydrogen-bond acceptors (Lipinski definition) is 6. The number of nitrogens with one attached hydrogen (secondary N) is 1. The Morgan fingerprint density at radius 3 is 2.47 bits per heavy atom. The number of nitrogens with zero attached hydrogens (tertiary/aromatic N) is 5. The fourth-order valence-electron chi connectivity index (χ4n) is 4.32. The summed E-state index contributed by atoms with van der Waals surface area (Å²) in [4.78, 5) is 29.1. The minimum Gasteiger partial charge on any atom is -0.497 e. The van der Waals surface area contributed by atoms with E-state index in [1.165, 1.54) is 28.2 Å². The maximum absolute atomic E-state index is 13.4. The van der Waals surface area contributed by atoms with Crippen molar-refractivity contribution in [1.29, 1.82) is 0 Å². The molecule has 9 nitrogen and oxygen atoms in total. The molecule has 0 bridgehead atoms. The van der Waals surface area contributed by atoms with E-state index in [0.29, 0.717) is 17.1 Å². The highest BCUT2D eigenvalue weighted by Gasteiger charge is 2.28. The van der Waals surface area contributed by atoms with Gasteiger partial charge in [0.1, 0.15) is 24.2 Å². The molecular weight excluding hydrogens is 463 g/mol. The number of halogens is 1. The fourth-order valence-corrected chi connectivity index (χ4v) is 4.32. The lowest BCUT2D eigenvalue weighted by Gasteiger charge is -2.31. The van der Waals surface area contributed by atoms with E-state index < -0.39 is 6.04 Å². The monoisotopic (exact) mass is 494 g/mol. The smallest absolute Gasteiger partial charge is 0.247 e. The Labute approximate surface area is 209 Å². The third kappa shape index (κ3) is 6.44. The van der Waals surface area contributed by atoms with Crippen molar-refractivity contribution in [2.24, 2.45) is 0 Å². The van der Waals surface area contributed by atoms with Crippen molar-refractivity contribution in [3.05, 3.63) is 59.9 Å². The molecule has 1 atom stereocenters. The van der Waals surface area contributed by atoms with Gasteiger partial charge in [0.2, 0.25) is 17.6 Å². The van der Waals surface area contributed by atoms with Crippen LogP contribution in [0.5, 0.6) is 5.75 Å². The predicted octanol–water partition coefficient (Wildman–Crippen LogP) is 3.35. The van der Waals surface area contributed by atoms with Crippen molar-refractivity contribution in [2.75, 3.05) is 7.11 Å². The molecule has 1 N–H and O–H groups in total. The van der Waals surface area contributed by atoms with Crippen LogP contribution in [0.1, 0.15) is 44.6 Å². The van der Waals surface area contributed by atoms with Crippen LogP contribution in [0.4, 0.5) is 4.39 Å². The molecule has 4 rings (SSSR count). The highest BCUT2D eigenvalue weighted by molar-refractivity contribution is 5.87. The summed E-state index contributed by atoms with van der Waals surface area (Å²) < 4.78 is 18.6. The van der Waals surface area contributed by atoms with Gasteiger partial charge in [0.05, 0.1) is 7.11 Å². The van der Waals surface area contributed by atoms with Gasteiger partial charge in [-0.2, -0.15) is 4.80 Å². The molecule has 10 heteroatoms. The molecule has 0 aliphatic heterocycles. The van der Waals surface area contributed by atoms with Crippen LogP contribution in [0.25, 0.3) is 11.4 Å². The number of tetrazole rings is 1. The van der Waals surface area contributed by atoms with E-state index in [-0.39, 0.29) is 36.8 Å². The molecule has 1 saturated carbocycles. The second-order valence-electron chi connectivity index (χ2n) is 9.04. The third-order valence-electron chi connectivity index (χ3n) is 6.46. The number of aromatic nitrogens is 4. The van der Waals surface area contributed by atoms with E-state index in [0.717, 1.165) is 31.2 Å². The molecule has 2 aromatic carbocycles. The summed E-state index contributed by atoms with van der Waals surface area (Å²) >= 11 is 0. The van der Waals surface area contributed by atoms with Crippen molar-refractivity contribution in [2.45, 2.75) is 64.2 Å². The summed E-state index contributed by atoms with van der Waals surface area (Å²) in [5, 5.41) is 15.5. The Morgan fingerprint density at radius 1 is 1.11 bits per heavy atom. The lowest BCUT2D eigenvalue weighted by Crippen LogP contribution is -2.51. The highest BCUT2D eigenvalue weighted by Crippen LogP contribution is 2.20. The average molecular weight is 495 g/mol. The quantitative estimate of drug-likeness (QED) is 0.490. The molecule has 1 heterocycles. The van der Waals surface area contributed by atoms with Gasteiger partial charge >= 0.3 is 0 Å². The van der Waals surface area contributed by atoms with E-state index >= 15 is 0 Å². The second kappa shape index (κ2) is 11.7. The molecule has 2 amide bonds. The molecule has 0 saturated heterocycles. The fraction of sp³-hybridized carbons (Fsp3) is 0.423. The minimum absolute atomic E-state index is 0.125. The molecule has 190 valence electrons. The van der Waals surface area contributed by atoms with Gasteiger partial charge in [-0.1, -0.05) is 31.4 Å². The molecule has 3 aromatic rings. The standard InChI is InChI=1S/C26H31FN6O3/c1-18(26(35)28-22-6-4-3-5-7-22)32(16-19-8-12-21(27)13-9-19)24(34)17-33-30-25(29-31-33)20-10-14-23(36-2)15-11-20/h8-15,18,22H,3-7,16-17H2,1-2H3,(H,28,35)/t18-/m0/s1. The number of ether oxygens (including phenoxy) is 1. The van der Waals surface area contributed by atoms with Gasteiger partial charge < -0.3 is 15.0 Å². The topological polar surface area (TPSA) is 102 Å². The Balaban J connectivity index is 1.48. The first kappa shape index (κ1) is 25.3. The van der Waals surface area contributed by atoms with Gasteiger partial charge in [-0.05, 0) is 66.9 Å². The number of carbonyl (C=O) groups is 2. The Morgan fingerprint density at radius 2 is 1.81 bits per heavy atom. The summed E-state index contributed by atoms with van der Waals surface area (Å²) in [5.41, 5.74) is 1.45.